The Morgan fingerprint density at radius 1 is 1.03 bits per heavy atom. The molecule has 3 aromatic rings. The van der Waals surface area contributed by atoms with Gasteiger partial charge in [0.05, 0.1) is 11.3 Å². The lowest BCUT2D eigenvalue weighted by Gasteiger charge is -2.25. The monoisotopic (exact) mass is 476 g/mol. The van der Waals surface area contributed by atoms with Crippen LogP contribution >= 0.6 is 35.0 Å². The van der Waals surface area contributed by atoms with Crippen LogP contribution in [0.25, 0.3) is 0 Å². The molecular weight excluding hydrogens is 462 g/mol. The maximum Gasteiger partial charge on any atom is 0.273 e. The number of nitrogens with one attached hydrogen (secondary N) is 1. The van der Waals surface area contributed by atoms with Crippen molar-refractivity contribution in [2.45, 2.75) is 5.37 Å². The Balaban J connectivity index is 1.61. The first-order chi connectivity index (χ1) is 14.9. The highest BCUT2D eigenvalue weighted by atomic mass is 35.5. The van der Waals surface area contributed by atoms with Gasteiger partial charge in [0.25, 0.3) is 11.8 Å². The molecule has 1 N–H and O–H groups in total. The van der Waals surface area contributed by atoms with Gasteiger partial charge in [0.2, 0.25) is 0 Å². The molecule has 0 spiro atoms. The highest BCUT2D eigenvalue weighted by Gasteiger charge is 2.35. The molecule has 0 saturated carbocycles. The van der Waals surface area contributed by atoms with E-state index in [2.05, 4.69) is 5.43 Å². The van der Waals surface area contributed by atoms with Gasteiger partial charge in [0.15, 0.2) is 11.6 Å². The molecule has 0 bridgehead atoms. The number of hydrogen-bond donors (Lipinski definition) is 1. The molecular formula is C22H15Cl2FN2O3S. The fraction of sp³-hybridized carbons (Fsp3) is 0.0909. The molecule has 1 saturated heterocycles. The third-order valence-corrected chi connectivity index (χ3v) is 6.15. The number of carbonyl (C=O) groups is 2. The van der Waals surface area contributed by atoms with Gasteiger partial charge in [-0.25, -0.2) is 9.40 Å². The van der Waals surface area contributed by atoms with Crippen LogP contribution in [0.2, 0.25) is 10.0 Å². The van der Waals surface area contributed by atoms with Gasteiger partial charge >= 0.3 is 0 Å². The van der Waals surface area contributed by atoms with Gasteiger partial charge in [-0.3, -0.25) is 15.0 Å². The van der Waals surface area contributed by atoms with Gasteiger partial charge in [-0.2, -0.15) is 0 Å². The van der Waals surface area contributed by atoms with E-state index in [9.17, 15) is 14.0 Å². The Hall–Kier alpha value is -2.74. The molecule has 1 unspecified atom stereocenters. The number of amides is 2. The van der Waals surface area contributed by atoms with Crippen LogP contribution in [0.5, 0.6) is 11.5 Å². The largest absolute Gasteiger partial charge is 0.453 e. The van der Waals surface area contributed by atoms with E-state index in [1.807, 2.05) is 6.07 Å². The van der Waals surface area contributed by atoms with E-state index in [0.29, 0.717) is 10.0 Å². The number of hydrogen-bond acceptors (Lipinski definition) is 4. The second kappa shape index (κ2) is 9.18. The van der Waals surface area contributed by atoms with E-state index in [-0.39, 0.29) is 28.7 Å². The standard InChI is InChI=1S/C22H15Cl2FN2O3S/c23-14-5-3-4-13(10-14)22-27(20(28)12-31-22)26-21(29)16-9-8-15(24)11-19(16)30-18-7-2-1-6-17(18)25/h1-11,22H,12H2,(H,26,29). The molecule has 3 aromatic carbocycles. The SMILES string of the molecule is O=C(NN1C(=O)CSC1c1cccc(Cl)c1)c1ccc(Cl)cc1Oc1ccccc1F. The summed E-state index contributed by atoms with van der Waals surface area (Å²) in [7, 11) is 0. The highest BCUT2D eigenvalue weighted by molar-refractivity contribution is 8.00. The van der Waals surface area contributed by atoms with Gasteiger partial charge in [0, 0.05) is 16.1 Å². The number of carbonyl (C=O) groups excluding carboxylic acids is 2. The van der Waals surface area contributed by atoms with Gasteiger partial charge in [-0.15, -0.1) is 11.8 Å². The number of thioether (sulfide) groups is 1. The predicted octanol–water partition coefficient (Wildman–Crippen LogP) is 5.84. The number of hydrazine groups is 1. The molecule has 9 heteroatoms. The maximum absolute atomic E-state index is 14.0. The van der Waals surface area contributed by atoms with Crippen LogP contribution in [0.15, 0.2) is 66.7 Å². The fourth-order valence-corrected chi connectivity index (χ4v) is 4.49. The third kappa shape index (κ3) is 4.79. The van der Waals surface area contributed by atoms with Crippen molar-refractivity contribution < 1.29 is 18.7 Å². The zero-order chi connectivity index (χ0) is 22.0. The van der Waals surface area contributed by atoms with Gasteiger partial charge in [-0.05, 0) is 42.0 Å². The summed E-state index contributed by atoms with van der Waals surface area (Å²) in [5.74, 6) is -1.21. The molecule has 1 aliphatic heterocycles. The molecule has 158 valence electrons. The van der Waals surface area contributed by atoms with E-state index in [1.54, 1.807) is 24.3 Å². The van der Waals surface area contributed by atoms with Crippen molar-refractivity contribution in [3.63, 3.8) is 0 Å². The summed E-state index contributed by atoms with van der Waals surface area (Å²) in [5, 5.41) is 1.67. The quantitative estimate of drug-likeness (QED) is 0.502. The van der Waals surface area contributed by atoms with Crippen LogP contribution in [-0.4, -0.2) is 22.6 Å². The van der Waals surface area contributed by atoms with E-state index in [0.717, 1.165) is 5.56 Å². The minimum absolute atomic E-state index is 0.0524. The second-order valence-corrected chi connectivity index (χ2v) is 8.54. The molecule has 0 aliphatic carbocycles. The Kier molecular flexibility index (Phi) is 6.36. The summed E-state index contributed by atoms with van der Waals surface area (Å²) in [6.45, 7) is 0. The zero-order valence-electron chi connectivity index (χ0n) is 15.8. The average Bonchev–Trinajstić information content (AvgIpc) is 3.10. The predicted molar refractivity (Wildman–Crippen MR) is 119 cm³/mol. The van der Waals surface area contributed by atoms with Gasteiger partial charge < -0.3 is 4.74 Å². The second-order valence-electron chi connectivity index (χ2n) is 6.60. The summed E-state index contributed by atoms with van der Waals surface area (Å²) >= 11 is 13.5. The van der Waals surface area contributed by atoms with Gasteiger partial charge in [-0.1, -0.05) is 47.5 Å². The molecule has 0 aromatic heterocycles. The first-order valence-electron chi connectivity index (χ1n) is 9.14. The van der Waals surface area contributed by atoms with Crippen molar-refractivity contribution in [2.24, 2.45) is 0 Å². The summed E-state index contributed by atoms with van der Waals surface area (Å²) < 4.78 is 19.6. The Morgan fingerprint density at radius 2 is 1.81 bits per heavy atom. The van der Waals surface area contributed by atoms with Crippen LogP contribution in [0.1, 0.15) is 21.3 Å². The Labute approximate surface area is 192 Å². The number of para-hydroxylation sites is 1. The lowest BCUT2D eigenvalue weighted by atomic mass is 10.2. The Morgan fingerprint density at radius 3 is 2.58 bits per heavy atom. The minimum atomic E-state index is -0.592. The van der Waals surface area contributed by atoms with Crippen molar-refractivity contribution >= 4 is 46.8 Å². The molecule has 1 atom stereocenters. The summed E-state index contributed by atoms with van der Waals surface area (Å²) in [4.78, 5) is 25.5. The molecule has 2 amide bonds. The van der Waals surface area contributed by atoms with Crippen molar-refractivity contribution in [2.75, 3.05) is 5.75 Å². The molecule has 4 rings (SSSR count). The van der Waals surface area contributed by atoms with Crippen LogP contribution in [-0.2, 0) is 4.79 Å². The van der Waals surface area contributed by atoms with Crippen molar-refractivity contribution in [1.29, 1.82) is 0 Å². The van der Waals surface area contributed by atoms with Crippen LogP contribution < -0.4 is 10.2 Å². The van der Waals surface area contributed by atoms with Crippen LogP contribution in [0.4, 0.5) is 4.39 Å². The molecule has 31 heavy (non-hydrogen) atoms. The lowest BCUT2D eigenvalue weighted by molar-refractivity contribution is -0.130. The number of halogens is 3. The molecule has 5 nitrogen and oxygen atoms in total. The smallest absolute Gasteiger partial charge is 0.273 e. The number of ether oxygens (including phenoxy) is 1. The topological polar surface area (TPSA) is 58.6 Å². The van der Waals surface area contributed by atoms with Crippen LogP contribution in [0.3, 0.4) is 0 Å². The van der Waals surface area contributed by atoms with E-state index >= 15 is 0 Å². The van der Waals surface area contributed by atoms with E-state index in [1.165, 1.54) is 53.2 Å². The lowest BCUT2D eigenvalue weighted by Crippen LogP contribution is -2.44. The average molecular weight is 477 g/mol. The van der Waals surface area contributed by atoms with Crippen molar-refractivity contribution in [3.8, 4) is 11.5 Å². The molecule has 1 heterocycles. The number of nitrogens with zero attached hydrogens (tertiary/aromatic N) is 1. The third-order valence-electron chi connectivity index (χ3n) is 4.47. The summed E-state index contributed by atoms with van der Waals surface area (Å²) in [6, 6.07) is 17.3. The summed E-state index contributed by atoms with van der Waals surface area (Å²) in [5.41, 5.74) is 3.52. The van der Waals surface area contributed by atoms with E-state index in [4.69, 9.17) is 27.9 Å². The molecule has 0 radical (unpaired) electrons. The number of benzene rings is 3. The highest BCUT2D eigenvalue weighted by Crippen LogP contribution is 2.38. The first-order valence-corrected chi connectivity index (χ1v) is 10.9. The maximum atomic E-state index is 14.0. The molecule has 1 fully saturated rings. The van der Waals surface area contributed by atoms with E-state index < -0.39 is 17.1 Å². The number of rotatable bonds is 5. The van der Waals surface area contributed by atoms with Crippen LogP contribution in [0, 0.1) is 5.82 Å². The molecule has 1 aliphatic rings. The van der Waals surface area contributed by atoms with Crippen molar-refractivity contribution in [1.82, 2.24) is 10.4 Å². The Bertz CT molecular complexity index is 1160. The fourth-order valence-electron chi connectivity index (χ4n) is 3.04. The first kappa shape index (κ1) is 21.5. The summed E-state index contributed by atoms with van der Waals surface area (Å²) in [6.07, 6.45) is 0. The van der Waals surface area contributed by atoms with Crippen molar-refractivity contribution in [3.05, 3.63) is 93.7 Å². The normalized spacial score (nSPS) is 15.8. The minimum Gasteiger partial charge on any atom is -0.453 e. The van der Waals surface area contributed by atoms with Gasteiger partial charge in [0.1, 0.15) is 11.1 Å². The zero-order valence-corrected chi connectivity index (χ0v) is 18.2.